The van der Waals surface area contributed by atoms with E-state index in [2.05, 4.69) is 10.0 Å². The van der Waals surface area contributed by atoms with Gasteiger partial charge in [0, 0.05) is 23.0 Å². The summed E-state index contributed by atoms with van der Waals surface area (Å²) in [6.45, 7) is 0. The number of halogens is 2. The van der Waals surface area contributed by atoms with Crippen LogP contribution < -0.4 is 10.0 Å². The maximum absolute atomic E-state index is 13.1. The summed E-state index contributed by atoms with van der Waals surface area (Å²) in [6.07, 6.45) is 0.987. The molecule has 0 bridgehead atoms. The van der Waals surface area contributed by atoms with Gasteiger partial charge in [-0.2, -0.15) is 0 Å². The van der Waals surface area contributed by atoms with Crippen LogP contribution in [-0.4, -0.2) is 20.6 Å². The average Bonchev–Trinajstić information content (AvgIpc) is 2.41. The largest absolute Gasteiger partial charge is 0.322 e. The van der Waals surface area contributed by atoms with Crippen LogP contribution in [0.5, 0.6) is 0 Å². The maximum atomic E-state index is 13.1. The minimum atomic E-state index is -3.46. The molecule has 0 unspecified atom stereocenters. The Balaban J connectivity index is 2.19. The van der Waals surface area contributed by atoms with Gasteiger partial charge in [0.15, 0.2) is 11.6 Å². The van der Waals surface area contributed by atoms with Crippen LogP contribution >= 0.6 is 0 Å². The fourth-order valence-electron chi connectivity index (χ4n) is 1.72. The molecule has 5 nitrogen and oxygen atoms in total. The standard InChI is InChI=1S/C14H12F2N2O3S/c1-22(20,21)18-11-4-2-3-9(7-11)14(19)17-10-5-6-12(15)13(16)8-10/h2-8,18H,1H3,(H,17,19). The molecular weight excluding hydrogens is 314 g/mol. The summed E-state index contributed by atoms with van der Waals surface area (Å²) >= 11 is 0. The molecule has 2 rings (SSSR count). The van der Waals surface area contributed by atoms with Gasteiger partial charge in [0.2, 0.25) is 10.0 Å². The van der Waals surface area contributed by atoms with E-state index in [9.17, 15) is 22.0 Å². The van der Waals surface area contributed by atoms with Crippen LogP contribution in [0.4, 0.5) is 20.2 Å². The molecule has 0 aromatic heterocycles. The Bertz CT molecular complexity index is 823. The summed E-state index contributed by atoms with van der Waals surface area (Å²) < 4.78 is 50.4. The average molecular weight is 326 g/mol. The molecule has 0 spiro atoms. The zero-order chi connectivity index (χ0) is 16.3. The van der Waals surface area contributed by atoms with Crippen molar-refractivity contribution < 1.29 is 22.0 Å². The van der Waals surface area contributed by atoms with Crippen molar-refractivity contribution in [2.45, 2.75) is 0 Å². The summed E-state index contributed by atoms with van der Waals surface area (Å²) in [4.78, 5) is 12.0. The van der Waals surface area contributed by atoms with Gasteiger partial charge < -0.3 is 5.32 Å². The van der Waals surface area contributed by atoms with E-state index in [1.807, 2.05) is 0 Å². The van der Waals surface area contributed by atoms with E-state index < -0.39 is 27.6 Å². The van der Waals surface area contributed by atoms with E-state index >= 15 is 0 Å². The maximum Gasteiger partial charge on any atom is 0.255 e. The van der Waals surface area contributed by atoms with Crippen molar-refractivity contribution in [2.24, 2.45) is 0 Å². The van der Waals surface area contributed by atoms with Crippen LogP contribution in [0.3, 0.4) is 0 Å². The van der Waals surface area contributed by atoms with Crippen molar-refractivity contribution >= 4 is 27.3 Å². The van der Waals surface area contributed by atoms with E-state index in [0.29, 0.717) is 0 Å². The van der Waals surface area contributed by atoms with Crippen molar-refractivity contribution in [3.05, 3.63) is 59.7 Å². The monoisotopic (exact) mass is 326 g/mol. The highest BCUT2D eigenvalue weighted by Gasteiger charge is 2.10. The molecule has 0 atom stereocenters. The first-order valence-corrected chi connectivity index (χ1v) is 7.98. The highest BCUT2D eigenvalue weighted by Crippen LogP contribution is 2.16. The second-order valence-electron chi connectivity index (χ2n) is 4.54. The fourth-order valence-corrected chi connectivity index (χ4v) is 2.27. The van der Waals surface area contributed by atoms with Crippen molar-refractivity contribution in [2.75, 3.05) is 16.3 Å². The van der Waals surface area contributed by atoms with Crippen LogP contribution in [-0.2, 0) is 10.0 Å². The van der Waals surface area contributed by atoms with Gasteiger partial charge in [-0.25, -0.2) is 17.2 Å². The molecule has 0 aliphatic rings. The van der Waals surface area contributed by atoms with Crippen molar-refractivity contribution in [1.29, 1.82) is 0 Å². The predicted molar refractivity (Wildman–Crippen MR) is 79.2 cm³/mol. The summed E-state index contributed by atoms with van der Waals surface area (Å²) in [5, 5.41) is 2.39. The lowest BCUT2D eigenvalue weighted by Crippen LogP contribution is -2.14. The molecule has 0 aliphatic heterocycles. The summed E-state index contributed by atoms with van der Waals surface area (Å²) in [6, 6.07) is 8.73. The Kier molecular flexibility index (Phi) is 4.41. The van der Waals surface area contributed by atoms with E-state index in [1.54, 1.807) is 0 Å². The van der Waals surface area contributed by atoms with Gasteiger partial charge in [0.25, 0.3) is 5.91 Å². The van der Waals surface area contributed by atoms with E-state index in [1.165, 1.54) is 30.3 Å². The molecule has 0 saturated carbocycles. The van der Waals surface area contributed by atoms with Gasteiger partial charge in [-0.3, -0.25) is 9.52 Å². The first kappa shape index (κ1) is 15.9. The molecule has 2 aromatic rings. The molecule has 116 valence electrons. The second-order valence-corrected chi connectivity index (χ2v) is 6.29. The summed E-state index contributed by atoms with van der Waals surface area (Å²) in [5.74, 6) is -2.68. The number of carbonyl (C=O) groups is 1. The lowest BCUT2D eigenvalue weighted by molar-refractivity contribution is 0.102. The van der Waals surface area contributed by atoms with Crippen LogP contribution in [0.15, 0.2) is 42.5 Å². The Morgan fingerprint density at radius 1 is 1.00 bits per heavy atom. The summed E-state index contributed by atoms with van der Waals surface area (Å²) in [5.41, 5.74) is 0.476. The quantitative estimate of drug-likeness (QED) is 0.907. The molecule has 0 saturated heterocycles. The number of benzene rings is 2. The molecule has 0 fully saturated rings. The van der Waals surface area contributed by atoms with Gasteiger partial charge in [-0.1, -0.05) is 6.07 Å². The zero-order valence-electron chi connectivity index (χ0n) is 11.4. The third-order valence-electron chi connectivity index (χ3n) is 2.61. The third kappa shape index (κ3) is 4.26. The Morgan fingerprint density at radius 2 is 1.73 bits per heavy atom. The molecule has 0 radical (unpaired) electrons. The number of anilines is 2. The molecule has 0 heterocycles. The SMILES string of the molecule is CS(=O)(=O)Nc1cccc(C(=O)Nc2ccc(F)c(F)c2)c1. The molecule has 2 N–H and O–H groups in total. The number of sulfonamides is 1. The molecule has 22 heavy (non-hydrogen) atoms. The molecule has 0 aliphatic carbocycles. The fraction of sp³-hybridized carbons (Fsp3) is 0.0714. The van der Waals surface area contributed by atoms with Crippen molar-refractivity contribution in [1.82, 2.24) is 0 Å². The highest BCUT2D eigenvalue weighted by atomic mass is 32.2. The van der Waals surface area contributed by atoms with Gasteiger partial charge >= 0.3 is 0 Å². The number of amides is 1. The molecule has 1 amide bonds. The smallest absolute Gasteiger partial charge is 0.255 e. The normalized spacial score (nSPS) is 11.0. The first-order chi connectivity index (χ1) is 10.2. The van der Waals surface area contributed by atoms with Crippen LogP contribution in [0.25, 0.3) is 0 Å². The second kappa shape index (κ2) is 6.10. The lowest BCUT2D eigenvalue weighted by Gasteiger charge is -2.08. The van der Waals surface area contributed by atoms with Crippen LogP contribution in [0.1, 0.15) is 10.4 Å². The minimum absolute atomic E-state index is 0.0883. The van der Waals surface area contributed by atoms with Crippen molar-refractivity contribution in [3.8, 4) is 0 Å². The van der Waals surface area contributed by atoms with E-state index in [0.717, 1.165) is 18.4 Å². The van der Waals surface area contributed by atoms with Crippen LogP contribution in [0, 0.1) is 11.6 Å². The summed E-state index contributed by atoms with van der Waals surface area (Å²) in [7, 11) is -3.46. The van der Waals surface area contributed by atoms with Gasteiger partial charge in [0.1, 0.15) is 0 Å². The Hall–Kier alpha value is -2.48. The van der Waals surface area contributed by atoms with Gasteiger partial charge in [-0.05, 0) is 30.3 Å². The number of hydrogen-bond donors (Lipinski definition) is 2. The molecular formula is C14H12F2N2O3S. The van der Waals surface area contributed by atoms with Gasteiger partial charge in [0.05, 0.1) is 6.26 Å². The van der Waals surface area contributed by atoms with E-state index in [4.69, 9.17) is 0 Å². The number of rotatable bonds is 4. The Labute approximate surface area is 126 Å². The first-order valence-electron chi connectivity index (χ1n) is 6.09. The zero-order valence-corrected chi connectivity index (χ0v) is 12.2. The minimum Gasteiger partial charge on any atom is -0.322 e. The number of hydrogen-bond acceptors (Lipinski definition) is 3. The highest BCUT2D eigenvalue weighted by molar-refractivity contribution is 7.92. The molecule has 8 heteroatoms. The molecule has 2 aromatic carbocycles. The third-order valence-corrected chi connectivity index (χ3v) is 3.21. The number of carbonyl (C=O) groups excluding carboxylic acids is 1. The number of nitrogens with one attached hydrogen (secondary N) is 2. The van der Waals surface area contributed by atoms with Gasteiger partial charge in [-0.15, -0.1) is 0 Å². The van der Waals surface area contributed by atoms with Crippen LogP contribution in [0.2, 0.25) is 0 Å². The lowest BCUT2D eigenvalue weighted by atomic mass is 10.2. The van der Waals surface area contributed by atoms with E-state index in [-0.39, 0.29) is 16.9 Å². The van der Waals surface area contributed by atoms with Crippen molar-refractivity contribution in [3.63, 3.8) is 0 Å². The Morgan fingerprint density at radius 3 is 2.36 bits per heavy atom. The predicted octanol–water partition coefficient (Wildman–Crippen LogP) is 2.59. The topological polar surface area (TPSA) is 75.3 Å².